The smallest absolute Gasteiger partial charge is 0.244 e. The Kier molecular flexibility index (Phi) is 3.54. The predicted molar refractivity (Wildman–Crippen MR) is 69.8 cm³/mol. The van der Waals surface area contributed by atoms with Crippen LogP contribution in [0.4, 0.5) is 0 Å². The number of rotatable bonds is 2. The summed E-state index contributed by atoms with van der Waals surface area (Å²) < 4.78 is 0. The van der Waals surface area contributed by atoms with Crippen LogP contribution in [0.15, 0.2) is 30.3 Å². The molecular weight excluding hydrogens is 254 g/mol. The SMILES string of the molecule is CCC1(c2ccccc2)[C@@H](C#N)C(=O)NC(=O)[C@@H]1C#N. The molecule has 0 aromatic heterocycles. The molecule has 1 aromatic rings. The van der Waals surface area contributed by atoms with Gasteiger partial charge in [-0.25, -0.2) is 0 Å². The molecule has 1 aliphatic heterocycles. The van der Waals surface area contributed by atoms with E-state index in [9.17, 15) is 20.1 Å². The molecule has 1 aliphatic rings. The van der Waals surface area contributed by atoms with Gasteiger partial charge in [0.25, 0.3) is 0 Å². The van der Waals surface area contributed by atoms with Crippen molar-refractivity contribution in [3.63, 3.8) is 0 Å². The number of benzene rings is 1. The van der Waals surface area contributed by atoms with E-state index in [1.165, 1.54) is 0 Å². The molecule has 1 saturated heterocycles. The molecule has 1 fully saturated rings. The Labute approximate surface area is 116 Å². The summed E-state index contributed by atoms with van der Waals surface area (Å²) in [5.74, 6) is -3.38. The van der Waals surface area contributed by atoms with Gasteiger partial charge in [0.2, 0.25) is 11.8 Å². The van der Waals surface area contributed by atoms with Crippen LogP contribution in [0.25, 0.3) is 0 Å². The number of hydrogen-bond donors (Lipinski definition) is 1. The van der Waals surface area contributed by atoms with Gasteiger partial charge in [0, 0.05) is 5.41 Å². The van der Waals surface area contributed by atoms with Gasteiger partial charge in [-0.3, -0.25) is 14.9 Å². The zero-order chi connectivity index (χ0) is 14.8. The third kappa shape index (κ3) is 1.76. The Morgan fingerprint density at radius 1 is 1.10 bits per heavy atom. The minimum atomic E-state index is -1.09. The van der Waals surface area contributed by atoms with Crippen LogP contribution in [-0.2, 0) is 15.0 Å². The zero-order valence-electron chi connectivity index (χ0n) is 11.0. The first kappa shape index (κ1) is 13.8. The molecule has 0 radical (unpaired) electrons. The molecule has 1 N–H and O–H groups in total. The molecule has 2 atom stereocenters. The second kappa shape index (κ2) is 5.14. The molecule has 0 aliphatic carbocycles. The predicted octanol–water partition coefficient (Wildman–Crippen LogP) is 1.27. The van der Waals surface area contributed by atoms with E-state index in [4.69, 9.17) is 0 Å². The third-order valence-electron chi connectivity index (χ3n) is 3.96. The molecule has 5 heteroatoms. The summed E-state index contributed by atoms with van der Waals surface area (Å²) in [6, 6.07) is 12.8. The maximum absolute atomic E-state index is 12.0. The van der Waals surface area contributed by atoms with Crippen molar-refractivity contribution < 1.29 is 9.59 Å². The number of nitriles is 2. The van der Waals surface area contributed by atoms with E-state index in [0.717, 1.165) is 0 Å². The van der Waals surface area contributed by atoms with Crippen LogP contribution in [0.1, 0.15) is 18.9 Å². The van der Waals surface area contributed by atoms with Crippen molar-refractivity contribution >= 4 is 11.8 Å². The Balaban J connectivity index is 2.72. The summed E-state index contributed by atoms with van der Waals surface area (Å²) >= 11 is 0. The Hall–Kier alpha value is -2.66. The average molecular weight is 267 g/mol. The summed E-state index contributed by atoms with van der Waals surface area (Å²) in [5.41, 5.74) is -0.423. The summed E-state index contributed by atoms with van der Waals surface area (Å²) in [5, 5.41) is 20.8. The molecule has 0 spiro atoms. The molecule has 1 aromatic carbocycles. The number of hydrogen-bond acceptors (Lipinski definition) is 4. The summed E-state index contributed by atoms with van der Waals surface area (Å²) in [7, 11) is 0. The number of amides is 2. The molecule has 0 saturated carbocycles. The second-order valence-electron chi connectivity index (χ2n) is 4.74. The minimum absolute atomic E-state index is 0.354. The lowest BCUT2D eigenvalue weighted by Gasteiger charge is -2.42. The second-order valence-corrected chi connectivity index (χ2v) is 4.74. The van der Waals surface area contributed by atoms with Crippen LogP contribution in [0.3, 0.4) is 0 Å². The largest absolute Gasteiger partial charge is 0.294 e. The summed E-state index contributed by atoms with van der Waals surface area (Å²) in [6.07, 6.45) is 0.354. The molecule has 5 nitrogen and oxygen atoms in total. The highest BCUT2D eigenvalue weighted by Gasteiger charge is 2.56. The highest BCUT2D eigenvalue weighted by atomic mass is 16.2. The maximum Gasteiger partial charge on any atom is 0.244 e. The van der Waals surface area contributed by atoms with Gasteiger partial charge in [0.05, 0.1) is 12.1 Å². The fraction of sp³-hybridized carbons (Fsp3) is 0.333. The van der Waals surface area contributed by atoms with E-state index < -0.39 is 29.1 Å². The van der Waals surface area contributed by atoms with Gasteiger partial charge >= 0.3 is 0 Å². The van der Waals surface area contributed by atoms with Crippen LogP contribution in [-0.4, -0.2) is 11.8 Å². The summed E-state index contributed by atoms with van der Waals surface area (Å²) in [6.45, 7) is 1.79. The molecule has 2 rings (SSSR count). The fourth-order valence-corrected chi connectivity index (χ4v) is 2.94. The average Bonchev–Trinajstić information content (AvgIpc) is 2.47. The van der Waals surface area contributed by atoms with E-state index in [0.29, 0.717) is 12.0 Å². The van der Waals surface area contributed by atoms with Crippen LogP contribution >= 0.6 is 0 Å². The van der Waals surface area contributed by atoms with Crippen LogP contribution in [0, 0.1) is 34.5 Å². The van der Waals surface area contributed by atoms with Crippen molar-refractivity contribution in [3.05, 3.63) is 35.9 Å². The number of piperidine rings is 1. The lowest BCUT2D eigenvalue weighted by molar-refractivity contribution is -0.141. The Bertz CT molecular complexity index is 593. The van der Waals surface area contributed by atoms with Gasteiger partial charge in [0.15, 0.2) is 0 Å². The topological polar surface area (TPSA) is 93.8 Å². The van der Waals surface area contributed by atoms with Crippen molar-refractivity contribution in [2.45, 2.75) is 18.8 Å². The Morgan fingerprint density at radius 2 is 1.60 bits per heavy atom. The molecule has 1 heterocycles. The molecule has 100 valence electrons. The lowest BCUT2D eigenvalue weighted by atomic mass is 9.59. The Morgan fingerprint density at radius 3 is 2.00 bits per heavy atom. The maximum atomic E-state index is 12.0. The van der Waals surface area contributed by atoms with Crippen molar-refractivity contribution in [2.75, 3.05) is 0 Å². The normalized spacial score (nSPS) is 24.4. The molecule has 2 amide bonds. The van der Waals surface area contributed by atoms with E-state index in [2.05, 4.69) is 5.32 Å². The van der Waals surface area contributed by atoms with E-state index in [1.54, 1.807) is 37.3 Å². The highest BCUT2D eigenvalue weighted by Crippen LogP contribution is 2.44. The van der Waals surface area contributed by atoms with E-state index in [1.807, 2.05) is 12.1 Å². The number of carbonyl (C=O) groups is 2. The molecule has 0 unspecified atom stereocenters. The molecule has 0 bridgehead atoms. The van der Waals surface area contributed by atoms with Gasteiger partial charge in [-0.1, -0.05) is 37.3 Å². The monoisotopic (exact) mass is 267 g/mol. The molecular formula is C15H13N3O2. The number of nitrogens with one attached hydrogen (secondary N) is 1. The first-order chi connectivity index (χ1) is 9.61. The van der Waals surface area contributed by atoms with E-state index in [-0.39, 0.29) is 0 Å². The van der Waals surface area contributed by atoms with Gasteiger partial charge in [0.1, 0.15) is 11.8 Å². The first-order valence-corrected chi connectivity index (χ1v) is 6.31. The van der Waals surface area contributed by atoms with Gasteiger partial charge in [-0.2, -0.15) is 10.5 Å². The minimum Gasteiger partial charge on any atom is -0.294 e. The van der Waals surface area contributed by atoms with E-state index >= 15 is 0 Å². The quantitative estimate of drug-likeness (QED) is 0.816. The fourth-order valence-electron chi connectivity index (χ4n) is 2.94. The standard InChI is InChI=1S/C15H13N3O2/c1-2-15(10-6-4-3-5-7-10)11(8-16)13(19)18-14(20)12(15)9-17/h3-7,11-12H,2H2,1H3,(H,18,19,20)/t11-,12-/m0/s1. The van der Waals surface area contributed by atoms with Gasteiger partial charge < -0.3 is 0 Å². The van der Waals surface area contributed by atoms with Crippen molar-refractivity contribution in [1.29, 1.82) is 10.5 Å². The number of imide groups is 1. The number of nitrogens with zero attached hydrogens (tertiary/aromatic N) is 2. The zero-order valence-corrected chi connectivity index (χ0v) is 11.0. The van der Waals surface area contributed by atoms with Crippen molar-refractivity contribution in [1.82, 2.24) is 5.32 Å². The van der Waals surface area contributed by atoms with Crippen molar-refractivity contribution in [3.8, 4) is 12.1 Å². The third-order valence-corrected chi connectivity index (χ3v) is 3.96. The van der Waals surface area contributed by atoms with Crippen LogP contribution < -0.4 is 5.32 Å². The number of carbonyl (C=O) groups excluding carboxylic acids is 2. The van der Waals surface area contributed by atoms with Crippen LogP contribution in [0.2, 0.25) is 0 Å². The van der Waals surface area contributed by atoms with Gasteiger partial charge in [-0.15, -0.1) is 0 Å². The first-order valence-electron chi connectivity index (χ1n) is 6.31. The van der Waals surface area contributed by atoms with Crippen molar-refractivity contribution in [2.24, 2.45) is 11.8 Å². The summed E-state index contributed by atoms with van der Waals surface area (Å²) in [4.78, 5) is 24.0. The molecule has 20 heavy (non-hydrogen) atoms. The highest BCUT2D eigenvalue weighted by molar-refractivity contribution is 6.04. The lowest BCUT2D eigenvalue weighted by Crippen LogP contribution is -2.59. The van der Waals surface area contributed by atoms with Crippen LogP contribution in [0.5, 0.6) is 0 Å². The van der Waals surface area contributed by atoms with Gasteiger partial charge in [-0.05, 0) is 12.0 Å².